The number of urea groups is 1. The third-order valence-electron chi connectivity index (χ3n) is 8.76. The molecule has 3 aliphatic rings. The fourth-order valence-corrected chi connectivity index (χ4v) is 6.33. The highest BCUT2D eigenvalue weighted by Gasteiger charge is 2.55. The fraction of sp³-hybridized carbons (Fsp3) is 0.536. The second kappa shape index (κ2) is 10.1. The number of hydrogen-bond acceptors (Lipinski definition) is 6. The normalized spacial score (nSPS) is 25.8. The summed E-state index contributed by atoms with van der Waals surface area (Å²) in [4.78, 5) is 40.7. The number of amides is 3. The Labute approximate surface area is 218 Å². The minimum absolute atomic E-state index is 0.0502. The van der Waals surface area contributed by atoms with Crippen molar-refractivity contribution < 1.29 is 9.59 Å². The molecule has 9 heteroatoms. The van der Waals surface area contributed by atoms with E-state index in [9.17, 15) is 9.59 Å². The molecule has 2 aromatic rings. The average Bonchev–Trinajstić information content (AvgIpc) is 3.12. The van der Waals surface area contributed by atoms with E-state index >= 15 is 0 Å². The predicted molar refractivity (Wildman–Crippen MR) is 139 cm³/mol. The topological polar surface area (TPSA) is 105 Å². The molecule has 1 saturated heterocycles. The predicted octanol–water partition coefficient (Wildman–Crippen LogP) is 3.59. The fourth-order valence-electron chi connectivity index (χ4n) is 6.33. The van der Waals surface area contributed by atoms with E-state index in [1.54, 1.807) is 4.90 Å². The van der Waals surface area contributed by atoms with E-state index in [1.165, 1.54) is 37.1 Å². The van der Waals surface area contributed by atoms with Gasteiger partial charge in [-0.15, -0.1) is 0 Å². The van der Waals surface area contributed by atoms with Crippen LogP contribution in [0.5, 0.6) is 0 Å². The van der Waals surface area contributed by atoms with Gasteiger partial charge in [-0.1, -0.05) is 36.8 Å². The highest BCUT2D eigenvalue weighted by Crippen LogP contribution is 2.49. The van der Waals surface area contributed by atoms with Crippen LogP contribution in [0, 0.1) is 17.2 Å². The summed E-state index contributed by atoms with van der Waals surface area (Å²) >= 11 is 0. The van der Waals surface area contributed by atoms with Crippen molar-refractivity contribution in [2.45, 2.75) is 56.0 Å². The van der Waals surface area contributed by atoms with Gasteiger partial charge in [0.25, 0.3) is 0 Å². The number of aromatic nitrogens is 2. The van der Waals surface area contributed by atoms with Gasteiger partial charge >= 0.3 is 6.03 Å². The van der Waals surface area contributed by atoms with E-state index in [0.717, 1.165) is 32.2 Å². The van der Waals surface area contributed by atoms with Gasteiger partial charge in [-0.3, -0.25) is 15.0 Å². The van der Waals surface area contributed by atoms with Crippen molar-refractivity contribution >= 4 is 17.9 Å². The molecule has 194 valence electrons. The third-order valence-corrected chi connectivity index (χ3v) is 8.76. The van der Waals surface area contributed by atoms with Gasteiger partial charge in [-0.2, -0.15) is 5.26 Å². The maximum Gasteiger partial charge on any atom is 0.321 e. The Morgan fingerprint density at radius 3 is 2.51 bits per heavy atom. The summed E-state index contributed by atoms with van der Waals surface area (Å²) in [7, 11) is 4.30. The van der Waals surface area contributed by atoms with Gasteiger partial charge in [0, 0.05) is 24.8 Å². The average molecular weight is 502 g/mol. The van der Waals surface area contributed by atoms with Crippen LogP contribution >= 0.6 is 0 Å². The molecular formula is C28H35N7O2. The zero-order valence-electron chi connectivity index (χ0n) is 21.7. The summed E-state index contributed by atoms with van der Waals surface area (Å²) in [5.41, 5.74) is 1.17. The minimum Gasteiger partial charge on any atom is -0.317 e. The maximum atomic E-state index is 13.7. The quantitative estimate of drug-likeness (QED) is 0.622. The van der Waals surface area contributed by atoms with Gasteiger partial charge < -0.3 is 9.80 Å². The number of benzene rings is 1. The zero-order valence-corrected chi connectivity index (χ0v) is 21.7. The molecule has 37 heavy (non-hydrogen) atoms. The van der Waals surface area contributed by atoms with E-state index in [4.69, 9.17) is 5.26 Å². The Morgan fingerprint density at radius 2 is 1.89 bits per heavy atom. The molecule has 2 aliphatic carbocycles. The molecule has 1 spiro atoms. The van der Waals surface area contributed by atoms with Crippen LogP contribution in [0.3, 0.4) is 0 Å². The highest BCUT2D eigenvalue weighted by molar-refractivity contribution is 5.93. The number of anilines is 1. The van der Waals surface area contributed by atoms with E-state index in [1.807, 2.05) is 6.07 Å². The molecule has 9 nitrogen and oxygen atoms in total. The molecule has 1 N–H and O–H groups in total. The molecule has 1 aliphatic heterocycles. The standard InChI is InChI=1S/C28H35N7O2/c1-33(2)28(22-9-4-3-5-10-22)14-12-27(13-15-28)20-34(26(37)35(27)18-21-7-6-8-21)19-24(36)32-25-30-16-11-23(17-29)31-25/h3-5,9-11,16,21H,6-8,12-15,18-20H2,1-2H3,(H,30,31,32,36)/t27-,28-. The summed E-state index contributed by atoms with van der Waals surface area (Å²) in [6.07, 6.45) is 8.68. The lowest BCUT2D eigenvalue weighted by molar-refractivity contribution is -0.116. The van der Waals surface area contributed by atoms with Gasteiger partial charge in [0.2, 0.25) is 11.9 Å². The lowest BCUT2D eigenvalue weighted by Gasteiger charge is -2.51. The number of nitriles is 1. The van der Waals surface area contributed by atoms with E-state index in [0.29, 0.717) is 12.5 Å². The van der Waals surface area contributed by atoms with Crippen molar-refractivity contribution in [2.75, 3.05) is 39.0 Å². The van der Waals surface area contributed by atoms with E-state index in [-0.39, 0.29) is 41.2 Å². The number of hydrogen-bond donors (Lipinski definition) is 1. The van der Waals surface area contributed by atoms with Crippen LogP contribution in [0.1, 0.15) is 56.2 Å². The Morgan fingerprint density at radius 1 is 1.16 bits per heavy atom. The minimum atomic E-state index is -0.355. The van der Waals surface area contributed by atoms with Crippen molar-refractivity contribution in [2.24, 2.45) is 5.92 Å². The third kappa shape index (κ3) is 4.78. The molecule has 2 heterocycles. The van der Waals surface area contributed by atoms with Crippen LogP contribution in [-0.4, -0.2) is 75.9 Å². The van der Waals surface area contributed by atoms with E-state index < -0.39 is 0 Å². The van der Waals surface area contributed by atoms with Crippen LogP contribution in [-0.2, 0) is 10.3 Å². The smallest absolute Gasteiger partial charge is 0.317 e. The van der Waals surface area contributed by atoms with Crippen molar-refractivity contribution in [3.05, 3.63) is 53.9 Å². The molecular weight excluding hydrogens is 466 g/mol. The Hall–Kier alpha value is -3.51. The van der Waals surface area contributed by atoms with Crippen LogP contribution in [0.4, 0.5) is 10.7 Å². The first kappa shape index (κ1) is 25.2. The Bertz CT molecular complexity index is 1180. The second-order valence-electron chi connectivity index (χ2n) is 11.0. The van der Waals surface area contributed by atoms with Crippen LogP contribution in [0.15, 0.2) is 42.6 Å². The molecule has 0 atom stereocenters. The van der Waals surface area contributed by atoms with Gasteiger partial charge in [0.15, 0.2) is 0 Å². The molecule has 0 radical (unpaired) electrons. The summed E-state index contributed by atoms with van der Waals surface area (Å²) in [5.74, 6) is 0.270. The summed E-state index contributed by atoms with van der Waals surface area (Å²) in [6.45, 7) is 1.26. The van der Waals surface area contributed by atoms with Crippen LogP contribution in [0.25, 0.3) is 0 Å². The summed E-state index contributed by atoms with van der Waals surface area (Å²) in [6, 6.07) is 14.1. The van der Waals surface area contributed by atoms with Crippen molar-refractivity contribution in [1.82, 2.24) is 24.7 Å². The molecule has 1 aromatic heterocycles. The lowest BCUT2D eigenvalue weighted by atomic mass is 9.68. The first-order valence-electron chi connectivity index (χ1n) is 13.2. The summed E-state index contributed by atoms with van der Waals surface area (Å²) in [5, 5.41) is 11.7. The zero-order chi connectivity index (χ0) is 26.0. The molecule has 3 fully saturated rings. The number of carbonyl (C=O) groups is 2. The molecule has 5 rings (SSSR count). The molecule has 0 bridgehead atoms. The number of carbonyl (C=O) groups excluding carboxylic acids is 2. The van der Waals surface area contributed by atoms with E-state index in [2.05, 4.69) is 69.5 Å². The van der Waals surface area contributed by atoms with Crippen molar-refractivity contribution in [3.8, 4) is 6.07 Å². The van der Waals surface area contributed by atoms with Gasteiger partial charge in [0.05, 0.1) is 5.54 Å². The van der Waals surface area contributed by atoms with Gasteiger partial charge in [-0.05, 0) is 70.2 Å². The van der Waals surface area contributed by atoms with Crippen LogP contribution in [0.2, 0.25) is 0 Å². The monoisotopic (exact) mass is 501 g/mol. The first-order chi connectivity index (χ1) is 17.8. The molecule has 0 unspecified atom stereocenters. The maximum absolute atomic E-state index is 13.7. The Kier molecular flexibility index (Phi) is 6.86. The molecule has 1 aromatic carbocycles. The number of rotatable bonds is 7. The molecule has 2 saturated carbocycles. The van der Waals surface area contributed by atoms with Crippen LogP contribution < -0.4 is 5.32 Å². The van der Waals surface area contributed by atoms with Gasteiger partial charge in [0.1, 0.15) is 18.3 Å². The summed E-state index contributed by atoms with van der Waals surface area (Å²) < 4.78 is 0. The molecule has 3 amide bonds. The lowest BCUT2D eigenvalue weighted by Crippen LogP contribution is -2.56. The second-order valence-corrected chi connectivity index (χ2v) is 11.0. The van der Waals surface area contributed by atoms with Crippen molar-refractivity contribution in [3.63, 3.8) is 0 Å². The van der Waals surface area contributed by atoms with Crippen molar-refractivity contribution in [1.29, 1.82) is 5.26 Å². The van der Waals surface area contributed by atoms with Gasteiger partial charge in [-0.25, -0.2) is 14.8 Å². The Balaban J connectivity index is 1.34. The largest absolute Gasteiger partial charge is 0.321 e. The number of nitrogens with zero attached hydrogens (tertiary/aromatic N) is 6. The SMILES string of the molecule is CN(C)[C@]1(c2ccccc2)CC[C@@]2(CC1)CN(CC(=O)Nc1nccc(C#N)n1)C(=O)N2CC1CCC1. The number of nitrogens with one attached hydrogen (secondary N) is 1. The first-order valence-corrected chi connectivity index (χ1v) is 13.2. The highest BCUT2D eigenvalue weighted by atomic mass is 16.2.